The number of nitrogens with zero attached hydrogens (tertiary/aromatic N) is 3. The highest BCUT2D eigenvalue weighted by molar-refractivity contribution is 5.49. The van der Waals surface area contributed by atoms with Crippen LogP contribution in [0.4, 0.5) is 27.6 Å². The van der Waals surface area contributed by atoms with E-state index in [1.54, 1.807) is 24.4 Å². The van der Waals surface area contributed by atoms with Crippen molar-refractivity contribution in [1.29, 1.82) is 0 Å². The lowest BCUT2D eigenvalue weighted by Crippen LogP contribution is -2.28. The summed E-state index contributed by atoms with van der Waals surface area (Å²) in [5.74, 6) is -7.11. The standard InChI is InChI=1S/C19H14F5N3/c20-13-6-4-12(5-7-13)11-27(10-8-14-3-1-2-9-25-14)17-15(21)18(23)26-19(24)16(17)22/h1-7,9H,8,10-11H2. The molecule has 0 fully saturated rings. The Morgan fingerprint density at radius 2 is 1.48 bits per heavy atom. The molecule has 0 aliphatic rings. The lowest BCUT2D eigenvalue weighted by atomic mass is 10.1. The molecule has 2 heterocycles. The van der Waals surface area contributed by atoms with E-state index in [-0.39, 0.29) is 19.5 Å². The first-order valence-corrected chi connectivity index (χ1v) is 8.05. The van der Waals surface area contributed by atoms with Crippen LogP contribution in [0.2, 0.25) is 0 Å². The molecule has 0 amide bonds. The second-order valence-electron chi connectivity index (χ2n) is 5.79. The zero-order valence-electron chi connectivity index (χ0n) is 14.0. The summed E-state index contributed by atoms with van der Waals surface area (Å²) in [5.41, 5.74) is 0.284. The maximum atomic E-state index is 14.2. The van der Waals surface area contributed by atoms with Crippen LogP contribution in [0.25, 0.3) is 0 Å². The lowest BCUT2D eigenvalue weighted by Gasteiger charge is -2.26. The molecular formula is C19H14F5N3. The summed E-state index contributed by atoms with van der Waals surface area (Å²) in [5, 5.41) is 0. The van der Waals surface area contributed by atoms with Crippen molar-refractivity contribution in [3.8, 4) is 0 Å². The number of aromatic nitrogens is 2. The molecule has 0 bridgehead atoms. The van der Waals surface area contributed by atoms with Gasteiger partial charge in [-0.15, -0.1) is 0 Å². The largest absolute Gasteiger partial charge is 0.362 e. The van der Waals surface area contributed by atoms with Crippen LogP contribution in [0.15, 0.2) is 48.7 Å². The number of halogens is 5. The molecule has 1 aromatic carbocycles. The van der Waals surface area contributed by atoms with Crippen LogP contribution in [0.5, 0.6) is 0 Å². The number of hydrogen-bond donors (Lipinski definition) is 0. The van der Waals surface area contributed by atoms with Crippen LogP contribution in [-0.4, -0.2) is 16.5 Å². The Balaban J connectivity index is 1.95. The van der Waals surface area contributed by atoms with E-state index < -0.39 is 35.0 Å². The molecule has 0 radical (unpaired) electrons. The minimum atomic E-state index is -1.73. The molecule has 0 aliphatic heterocycles. The minimum absolute atomic E-state index is 0.0190. The van der Waals surface area contributed by atoms with E-state index in [0.717, 1.165) is 4.90 Å². The van der Waals surface area contributed by atoms with Crippen LogP contribution in [-0.2, 0) is 13.0 Å². The first kappa shape index (κ1) is 18.8. The summed E-state index contributed by atoms with van der Waals surface area (Å²) in [6.45, 7) is -0.0744. The summed E-state index contributed by atoms with van der Waals surface area (Å²) in [6, 6.07) is 10.4. The van der Waals surface area contributed by atoms with Crippen molar-refractivity contribution in [2.45, 2.75) is 13.0 Å². The molecule has 0 atom stereocenters. The molecule has 140 valence electrons. The van der Waals surface area contributed by atoms with Crippen LogP contribution in [0, 0.1) is 29.3 Å². The van der Waals surface area contributed by atoms with E-state index in [2.05, 4.69) is 9.97 Å². The molecule has 3 nitrogen and oxygen atoms in total. The summed E-state index contributed by atoms with van der Waals surface area (Å²) >= 11 is 0. The van der Waals surface area contributed by atoms with Gasteiger partial charge in [-0.2, -0.15) is 22.5 Å². The highest BCUT2D eigenvalue weighted by Crippen LogP contribution is 2.28. The van der Waals surface area contributed by atoms with E-state index in [0.29, 0.717) is 11.3 Å². The summed E-state index contributed by atoms with van der Waals surface area (Å²) in [7, 11) is 0. The van der Waals surface area contributed by atoms with Gasteiger partial charge in [0.05, 0.1) is 0 Å². The molecule has 0 N–H and O–H groups in total. The van der Waals surface area contributed by atoms with Crippen molar-refractivity contribution in [1.82, 2.24) is 9.97 Å². The van der Waals surface area contributed by atoms with E-state index in [4.69, 9.17) is 0 Å². The highest BCUT2D eigenvalue weighted by atomic mass is 19.2. The van der Waals surface area contributed by atoms with Gasteiger partial charge in [0, 0.05) is 31.4 Å². The number of anilines is 1. The third kappa shape index (κ3) is 4.39. The van der Waals surface area contributed by atoms with Crippen molar-refractivity contribution in [3.05, 3.63) is 89.3 Å². The van der Waals surface area contributed by atoms with E-state index in [1.165, 1.54) is 24.3 Å². The second-order valence-corrected chi connectivity index (χ2v) is 5.79. The summed E-state index contributed by atoms with van der Waals surface area (Å²) < 4.78 is 68.7. The first-order valence-electron chi connectivity index (χ1n) is 8.05. The predicted molar refractivity (Wildman–Crippen MR) is 89.5 cm³/mol. The van der Waals surface area contributed by atoms with Gasteiger partial charge >= 0.3 is 0 Å². The highest BCUT2D eigenvalue weighted by Gasteiger charge is 2.25. The molecule has 8 heteroatoms. The first-order chi connectivity index (χ1) is 13.0. The molecule has 3 aromatic rings. The number of hydrogen-bond acceptors (Lipinski definition) is 3. The van der Waals surface area contributed by atoms with E-state index >= 15 is 0 Å². The van der Waals surface area contributed by atoms with Crippen LogP contribution >= 0.6 is 0 Å². The topological polar surface area (TPSA) is 29.0 Å². The van der Waals surface area contributed by atoms with E-state index in [9.17, 15) is 22.0 Å². The maximum absolute atomic E-state index is 14.2. The maximum Gasteiger partial charge on any atom is 0.253 e. The number of benzene rings is 1. The van der Waals surface area contributed by atoms with Gasteiger partial charge < -0.3 is 4.90 Å². The third-order valence-electron chi connectivity index (χ3n) is 3.94. The SMILES string of the molecule is Fc1ccc(CN(CCc2ccccn2)c2c(F)c(F)nc(F)c2F)cc1. The Labute approximate surface area is 152 Å². The van der Waals surface area contributed by atoms with Crippen molar-refractivity contribution < 1.29 is 22.0 Å². The van der Waals surface area contributed by atoms with Gasteiger partial charge in [0.2, 0.25) is 11.6 Å². The average molecular weight is 379 g/mol. The number of rotatable bonds is 6. The molecule has 3 rings (SSSR count). The molecule has 2 aromatic heterocycles. The third-order valence-corrected chi connectivity index (χ3v) is 3.94. The monoisotopic (exact) mass is 379 g/mol. The van der Waals surface area contributed by atoms with Gasteiger partial charge in [-0.25, -0.2) is 4.39 Å². The smallest absolute Gasteiger partial charge is 0.253 e. The van der Waals surface area contributed by atoms with Crippen LogP contribution < -0.4 is 4.90 Å². The van der Waals surface area contributed by atoms with Crippen molar-refractivity contribution in [3.63, 3.8) is 0 Å². The molecule has 0 spiro atoms. The molecule has 0 saturated heterocycles. The van der Waals surface area contributed by atoms with Crippen molar-refractivity contribution in [2.24, 2.45) is 0 Å². The Morgan fingerprint density at radius 3 is 2.07 bits per heavy atom. The van der Waals surface area contributed by atoms with Gasteiger partial charge in [-0.05, 0) is 29.8 Å². The van der Waals surface area contributed by atoms with Crippen LogP contribution in [0.1, 0.15) is 11.3 Å². The molecule has 0 aliphatic carbocycles. The fourth-order valence-corrected chi connectivity index (χ4v) is 2.63. The van der Waals surface area contributed by atoms with Gasteiger partial charge in [0.15, 0.2) is 0 Å². The second kappa shape index (κ2) is 8.11. The Hall–Kier alpha value is -3.03. The van der Waals surface area contributed by atoms with Gasteiger partial charge in [0.25, 0.3) is 11.9 Å². The van der Waals surface area contributed by atoms with Gasteiger partial charge in [-0.3, -0.25) is 4.98 Å². The average Bonchev–Trinajstić information content (AvgIpc) is 2.67. The van der Waals surface area contributed by atoms with Gasteiger partial charge in [0.1, 0.15) is 11.5 Å². The Morgan fingerprint density at radius 1 is 0.815 bits per heavy atom. The fraction of sp³-hybridized carbons (Fsp3) is 0.158. The van der Waals surface area contributed by atoms with Crippen LogP contribution in [0.3, 0.4) is 0 Å². The predicted octanol–water partition coefficient (Wildman–Crippen LogP) is 4.42. The molecule has 27 heavy (non-hydrogen) atoms. The Bertz CT molecular complexity index is 891. The molecule has 0 saturated carbocycles. The lowest BCUT2D eigenvalue weighted by molar-refractivity contribution is 0.405. The van der Waals surface area contributed by atoms with Crippen molar-refractivity contribution >= 4 is 5.69 Å². The van der Waals surface area contributed by atoms with Gasteiger partial charge in [-0.1, -0.05) is 18.2 Å². The normalized spacial score (nSPS) is 10.9. The van der Waals surface area contributed by atoms with Crippen molar-refractivity contribution in [2.75, 3.05) is 11.4 Å². The van der Waals surface area contributed by atoms with E-state index in [1.807, 2.05) is 0 Å². The summed E-state index contributed by atoms with van der Waals surface area (Å²) in [6.07, 6.45) is 1.83. The Kier molecular flexibility index (Phi) is 5.63. The summed E-state index contributed by atoms with van der Waals surface area (Å²) in [4.78, 5) is 7.84. The zero-order chi connectivity index (χ0) is 19.4. The minimum Gasteiger partial charge on any atom is -0.362 e. The number of pyridine rings is 2. The molecular weight excluding hydrogens is 365 g/mol. The quantitative estimate of drug-likeness (QED) is 0.469. The fourth-order valence-electron chi connectivity index (χ4n) is 2.63. The zero-order valence-corrected chi connectivity index (χ0v) is 14.0. The molecule has 0 unspecified atom stereocenters.